The van der Waals surface area contributed by atoms with Gasteiger partial charge in [-0.3, -0.25) is 4.79 Å². The fraction of sp³-hybridized carbons (Fsp3) is 0.562. The highest BCUT2D eigenvalue weighted by atomic mass is 19.4. The Kier molecular flexibility index (Phi) is 6.87. The molecule has 0 radical (unpaired) electrons. The molecule has 7 heteroatoms. The van der Waals surface area contributed by atoms with Crippen LogP contribution in [0.1, 0.15) is 32.3 Å². The molecule has 4 nitrogen and oxygen atoms in total. The van der Waals surface area contributed by atoms with E-state index in [1.807, 2.05) is 13.8 Å². The minimum absolute atomic E-state index is 0.146. The molecule has 0 aliphatic heterocycles. The van der Waals surface area contributed by atoms with Gasteiger partial charge in [-0.15, -0.1) is 0 Å². The normalized spacial score (nSPS) is 12.2. The number of hydrogen-bond acceptors (Lipinski definition) is 3. The molecule has 1 rings (SSSR count). The minimum atomic E-state index is -4.36. The van der Waals surface area contributed by atoms with E-state index in [4.69, 9.17) is 0 Å². The molecule has 0 atom stereocenters. The average Bonchev–Trinajstić information content (AvgIpc) is 2.50. The van der Waals surface area contributed by atoms with Crippen LogP contribution in [0, 0.1) is 5.41 Å². The Balaban J connectivity index is 2.51. The van der Waals surface area contributed by atoms with Gasteiger partial charge in [-0.25, -0.2) is 0 Å². The molecule has 130 valence electrons. The molecule has 0 aliphatic carbocycles. The number of aliphatic carboxylic acids is 1. The molecule has 0 aromatic heterocycles. The number of carbonyl (C=O) groups is 1. The van der Waals surface area contributed by atoms with Crippen molar-refractivity contribution in [2.75, 3.05) is 13.2 Å². The minimum Gasteiger partial charge on any atom is -0.484 e. The topological polar surface area (TPSA) is 58.6 Å². The van der Waals surface area contributed by atoms with Crippen LogP contribution in [0.2, 0.25) is 0 Å². The number of hydrogen-bond donors (Lipinski definition) is 2. The van der Waals surface area contributed by atoms with Gasteiger partial charge in [0.25, 0.3) is 0 Å². The number of halogens is 3. The van der Waals surface area contributed by atoms with Crippen molar-refractivity contribution < 1.29 is 27.8 Å². The second-order valence-corrected chi connectivity index (χ2v) is 5.44. The van der Waals surface area contributed by atoms with Crippen LogP contribution in [0.3, 0.4) is 0 Å². The van der Waals surface area contributed by atoms with E-state index in [-0.39, 0.29) is 5.75 Å². The molecule has 0 amide bonds. The first-order valence-corrected chi connectivity index (χ1v) is 7.45. The first kappa shape index (κ1) is 19.3. The maximum atomic E-state index is 12.0. The number of nitrogens with one attached hydrogen (secondary N) is 1. The number of rotatable bonds is 9. The van der Waals surface area contributed by atoms with Crippen molar-refractivity contribution in [2.24, 2.45) is 5.41 Å². The molecule has 23 heavy (non-hydrogen) atoms. The zero-order valence-electron chi connectivity index (χ0n) is 13.2. The predicted molar refractivity (Wildman–Crippen MR) is 80.3 cm³/mol. The van der Waals surface area contributed by atoms with Crippen molar-refractivity contribution in [2.45, 2.75) is 39.4 Å². The molecule has 1 aromatic carbocycles. The molecule has 0 heterocycles. The zero-order valence-corrected chi connectivity index (χ0v) is 13.2. The van der Waals surface area contributed by atoms with Crippen LogP contribution in [-0.4, -0.2) is 30.4 Å². The van der Waals surface area contributed by atoms with E-state index in [2.05, 4.69) is 10.1 Å². The smallest absolute Gasteiger partial charge is 0.422 e. The summed E-state index contributed by atoms with van der Waals surface area (Å²) in [7, 11) is 0. The van der Waals surface area contributed by atoms with E-state index >= 15 is 0 Å². The van der Waals surface area contributed by atoms with Gasteiger partial charge in [0.2, 0.25) is 0 Å². The monoisotopic (exact) mass is 333 g/mol. The summed E-state index contributed by atoms with van der Waals surface area (Å²) < 4.78 is 40.8. The Morgan fingerprint density at radius 1 is 1.17 bits per heavy atom. The summed E-state index contributed by atoms with van der Waals surface area (Å²) in [5, 5.41) is 12.4. The first-order chi connectivity index (χ1) is 10.7. The maximum Gasteiger partial charge on any atom is 0.422 e. The maximum absolute atomic E-state index is 12.0. The van der Waals surface area contributed by atoms with Gasteiger partial charge in [0.05, 0.1) is 5.41 Å². The molecule has 0 aliphatic rings. The van der Waals surface area contributed by atoms with Crippen LogP contribution in [0.15, 0.2) is 24.3 Å². The average molecular weight is 333 g/mol. The largest absolute Gasteiger partial charge is 0.484 e. The van der Waals surface area contributed by atoms with E-state index < -0.39 is 24.2 Å². The molecule has 0 spiro atoms. The summed E-state index contributed by atoms with van der Waals surface area (Å²) in [6.45, 7) is 3.13. The van der Waals surface area contributed by atoms with E-state index in [1.165, 1.54) is 12.1 Å². The number of alkyl halides is 3. The zero-order chi connectivity index (χ0) is 17.5. The number of ether oxygens (including phenoxy) is 1. The van der Waals surface area contributed by atoms with Gasteiger partial charge in [-0.1, -0.05) is 26.0 Å². The lowest BCUT2D eigenvalue weighted by atomic mass is 9.82. The van der Waals surface area contributed by atoms with Crippen LogP contribution in [0.5, 0.6) is 5.75 Å². The summed E-state index contributed by atoms with van der Waals surface area (Å²) in [5.41, 5.74) is 0.0475. The Morgan fingerprint density at radius 3 is 2.17 bits per heavy atom. The fourth-order valence-corrected chi connectivity index (χ4v) is 2.19. The Labute approximate surface area is 133 Å². The lowest BCUT2D eigenvalue weighted by Gasteiger charge is -2.27. The van der Waals surface area contributed by atoms with Crippen molar-refractivity contribution in [3.8, 4) is 5.75 Å². The molecule has 1 aromatic rings. The fourth-order valence-electron chi connectivity index (χ4n) is 2.19. The second-order valence-electron chi connectivity index (χ2n) is 5.44. The van der Waals surface area contributed by atoms with Crippen molar-refractivity contribution >= 4 is 5.97 Å². The predicted octanol–water partition coefficient (Wildman–Crippen LogP) is 3.61. The number of benzene rings is 1. The summed E-state index contributed by atoms with van der Waals surface area (Å²) in [5.74, 6) is -0.682. The first-order valence-electron chi connectivity index (χ1n) is 7.45. The molecule has 0 unspecified atom stereocenters. The van der Waals surface area contributed by atoms with E-state index in [0.29, 0.717) is 25.9 Å². The molecule has 0 saturated carbocycles. The van der Waals surface area contributed by atoms with Gasteiger partial charge in [-0.2, -0.15) is 13.2 Å². The van der Waals surface area contributed by atoms with Crippen LogP contribution in [0.25, 0.3) is 0 Å². The van der Waals surface area contributed by atoms with E-state index in [1.54, 1.807) is 12.1 Å². The quantitative estimate of drug-likeness (QED) is 0.725. The summed E-state index contributed by atoms with van der Waals surface area (Å²) in [6, 6.07) is 6.23. The highest BCUT2D eigenvalue weighted by molar-refractivity contribution is 5.74. The third-order valence-corrected chi connectivity index (χ3v) is 3.93. The van der Waals surface area contributed by atoms with E-state index in [0.717, 1.165) is 5.56 Å². The van der Waals surface area contributed by atoms with Crippen molar-refractivity contribution in [3.05, 3.63) is 29.8 Å². The van der Waals surface area contributed by atoms with Gasteiger partial charge >= 0.3 is 12.1 Å². The van der Waals surface area contributed by atoms with Gasteiger partial charge in [0.1, 0.15) is 5.75 Å². The molecule has 0 saturated heterocycles. The molecular formula is C16H22F3NO3. The van der Waals surface area contributed by atoms with Crippen LogP contribution >= 0.6 is 0 Å². The van der Waals surface area contributed by atoms with Crippen LogP contribution < -0.4 is 10.1 Å². The molecule has 2 N–H and O–H groups in total. The van der Waals surface area contributed by atoms with Gasteiger partial charge < -0.3 is 15.2 Å². The Hall–Kier alpha value is -1.76. The lowest BCUT2D eigenvalue weighted by molar-refractivity contribution is -0.153. The highest BCUT2D eigenvalue weighted by Crippen LogP contribution is 2.26. The van der Waals surface area contributed by atoms with Gasteiger partial charge in [-0.05, 0) is 30.5 Å². The van der Waals surface area contributed by atoms with Crippen LogP contribution in [0.4, 0.5) is 13.2 Å². The third-order valence-electron chi connectivity index (χ3n) is 3.93. The van der Waals surface area contributed by atoms with Crippen molar-refractivity contribution in [1.82, 2.24) is 5.32 Å². The molecule has 0 fully saturated rings. The highest BCUT2D eigenvalue weighted by Gasteiger charge is 2.34. The summed E-state index contributed by atoms with van der Waals surface area (Å²) in [4.78, 5) is 11.4. The third kappa shape index (κ3) is 6.09. The molecular weight excluding hydrogens is 311 g/mol. The summed E-state index contributed by atoms with van der Waals surface area (Å²) in [6.07, 6.45) is -3.31. The Morgan fingerprint density at radius 2 is 1.74 bits per heavy atom. The molecule has 0 bridgehead atoms. The van der Waals surface area contributed by atoms with Crippen molar-refractivity contribution in [1.29, 1.82) is 0 Å². The van der Waals surface area contributed by atoms with Gasteiger partial charge in [0.15, 0.2) is 6.61 Å². The second kappa shape index (κ2) is 8.19. The van der Waals surface area contributed by atoms with Crippen LogP contribution in [-0.2, 0) is 11.3 Å². The number of carboxylic acids is 1. The SMILES string of the molecule is CCC(CC)(CNCc1ccc(OCC(F)(F)F)cc1)C(=O)O. The van der Waals surface area contributed by atoms with Gasteiger partial charge in [0, 0.05) is 13.1 Å². The van der Waals surface area contributed by atoms with E-state index in [9.17, 15) is 23.1 Å². The standard InChI is InChI=1S/C16H22F3NO3/c1-3-15(4-2,14(21)22)10-20-9-12-5-7-13(8-6-12)23-11-16(17,18)19/h5-8,20H,3-4,9-11H2,1-2H3,(H,21,22). The summed E-state index contributed by atoms with van der Waals surface area (Å²) >= 11 is 0. The number of carboxylic acid groups (broad SMARTS) is 1. The lowest BCUT2D eigenvalue weighted by Crippen LogP contribution is -2.39. The Bertz CT molecular complexity index is 496. The van der Waals surface area contributed by atoms with Crippen molar-refractivity contribution in [3.63, 3.8) is 0 Å².